The van der Waals surface area contributed by atoms with E-state index in [9.17, 15) is 27.2 Å². The third-order valence-corrected chi connectivity index (χ3v) is 9.76. The lowest BCUT2D eigenvalue weighted by Gasteiger charge is -2.27. The molecule has 1 amide bonds. The number of pyridine rings is 1. The summed E-state index contributed by atoms with van der Waals surface area (Å²) in [5.74, 6) is -0.490. The summed E-state index contributed by atoms with van der Waals surface area (Å²) in [5.41, 5.74) is 2.69. The predicted molar refractivity (Wildman–Crippen MR) is 188 cm³/mol. The number of hydrogen-bond acceptors (Lipinski definition) is 7. The Labute approximate surface area is 297 Å². The summed E-state index contributed by atoms with van der Waals surface area (Å²) in [4.78, 5) is 40.3. The molecule has 0 saturated heterocycles. The van der Waals surface area contributed by atoms with Crippen LogP contribution in [-0.2, 0) is 29.8 Å². The predicted octanol–water partition coefficient (Wildman–Crippen LogP) is 7.00. The maximum atomic E-state index is 14.2. The van der Waals surface area contributed by atoms with Crippen molar-refractivity contribution in [1.29, 1.82) is 0 Å². The lowest BCUT2D eigenvalue weighted by Crippen LogP contribution is -2.40. The summed E-state index contributed by atoms with van der Waals surface area (Å²) in [7, 11) is 0. The fourth-order valence-corrected chi connectivity index (χ4v) is 6.42. The molecule has 0 aliphatic heterocycles. The Morgan fingerprint density at radius 2 is 1.67 bits per heavy atom. The fraction of sp³-hybridized carbons (Fsp3) is 0.324. The molecule has 0 aliphatic rings. The first-order valence-electron chi connectivity index (χ1n) is 16.5. The molecule has 268 valence electrons. The van der Waals surface area contributed by atoms with Gasteiger partial charge in [0.15, 0.2) is 5.16 Å². The normalized spacial score (nSPS) is 12.3. The third-order valence-electron chi connectivity index (χ3n) is 8.70. The fourth-order valence-electron chi connectivity index (χ4n) is 5.50. The largest absolute Gasteiger partial charge is 0.416 e. The first kappa shape index (κ1) is 37.4. The van der Waals surface area contributed by atoms with Gasteiger partial charge in [0.2, 0.25) is 5.91 Å². The monoisotopic (exact) mass is 721 g/mol. The van der Waals surface area contributed by atoms with Gasteiger partial charge in [-0.25, -0.2) is 4.39 Å². The van der Waals surface area contributed by atoms with E-state index in [1.807, 2.05) is 13.0 Å². The van der Waals surface area contributed by atoms with Crippen molar-refractivity contribution in [3.05, 3.63) is 129 Å². The number of rotatable bonds is 15. The maximum absolute atomic E-state index is 14.2. The Bertz CT molecular complexity index is 1930. The smallest absolute Gasteiger partial charge is 0.335 e. The molecule has 0 bridgehead atoms. The van der Waals surface area contributed by atoms with Gasteiger partial charge in [-0.3, -0.25) is 19.7 Å². The molecule has 1 unspecified atom stereocenters. The second kappa shape index (κ2) is 16.9. The molecule has 0 spiro atoms. The van der Waals surface area contributed by atoms with Crippen molar-refractivity contribution >= 4 is 17.7 Å². The van der Waals surface area contributed by atoms with Crippen LogP contribution in [0, 0.1) is 5.82 Å². The van der Waals surface area contributed by atoms with Crippen molar-refractivity contribution < 1.29 is 22.4 Å². The summed E-state index contributed by atoms with van der Waals surface area (Å²) in [5, 5.41) is 7.13. The van der Waals surface area contributed by atoms with Gasteiger partial charge in [-0.05, 0) is 60.1 Å². The van der Waals surface area contributed by atoms with Gasteiger partial charge in [0.05, 0.1) is 17.5 Å². The van der Waals surface area contributed by atoms with E-state index in [0.717, 1.165) is 41.9 Å². The average Bonchev–Trinajstić information content (AvgIpc) is 3.67. The summed E-state index contributed by atoms with van der Waals surface area (Å²) >= 11 is 1.28. The summed E-state index contributed by atoms with van der Waals surface area (Å²) < 4.78 is 54.4. The van der Waals surface area contributed by atoms with Crippen LogP contribution in [0.4, 0.5) is 17.6 Å². The molecular weight excluding hydrogens is 683 g/mol. The quantitative estimate of drug-likeness (QED) is 0.0706. The van der Waals surface area contributed by atoms with Crippen LogP contribution in [0.25, 0.3) is 11.3 Å². The molecule has 1 atom stereocenters. The Morgan fingerprint density at radius 1 is 0.961 bits per heavy atom. The number of thioether (sulfide) groups is 1. The molecule has 1 N–H and O–H groups in total. The minimum atomic E-state index is -4.43. The lowest BCUT2D eigenvalue weighted by molar-refractivity contribution is -0.137. The Hall–Kier alpha value is -4.82. The Kier molecular flexibility index (Phi) is 12.4. The second-order valence-electron chi connectivity index (χ2n) is 12.0. The first-order chi connectivity index (χ1) is 24.4. The van der Waals surface area contributed by atoms with Crippen LogP contribution in [-0.4, -0.2) is 66.6 Å². The standard InChI is InChI=1S/C37H39F4N7O2S/c1-4-46(5-2)16-17-47(21-27-8-15-33(42-18-27)28-9-11-30(12-10-28)37(39,40)41)34(49)23-48-22-32(25(3)29-19-43-44-20-29)35(50)45-36(48)51-24-26-6-13-31(38)14-7-26/h6-15,18-20,22,25H,4-5,16-17,21,23-24H2,1-3H3,(H,43,44). The van der Waals surface area contributed by atoms with Crippen molar-refractivity contribution in [2.24, 2.45) is 0 Å². The van der Waals surface area contributed by atoms with Crippen molar-refractivity contribution in [3.8, 4) is 11.3 Å². The zero-order chi connectivity index (χ0) is 36.5. The SMILES string of the molecule is CCN(CC)CCN(Cc1ccc(-c2ccc(C(F)(F)F)cc2)nc1)C(=O)Cn1cc(C(C)c2cn[nH]c2)c(=O)nc1SCc1ccc(F)cc1. The van der Waals surface area contributed by atoms with E-state index in [2.05, 4.69) is 38.9 Å². The number of hydrogen-bond donors (Lipinski definition) is 1. The van der Waals surface area contributed by atoms with Crippen molar-refractivity contribution in [2.45, 2.75) is 56.9 Å². The molecular formula is C37H39F4N7O2S. The highest BCUT2D eigenvalue weighted by Crippen LogP contribution is 2.31. The van der Waals surface area contributed by atoms with Crippen LogP contribution in [0.15, 0.2) is 95.4 Å². The van der Waals surface area contributed by atoms with E-state index in [-0.39, 0.29) is 30.7 Å². The minimum Gasteiger partial charge on any atom is -0.335 e. The van der Waals surface area contributed by atoms with E-state index in [4.69, 9.17) is 0 Å². The highest BCUT2D eigenvalue weighted by molar-refractivity contribution is 7.98. The Morgan fingerprint density at radius 3 is 2.27 bits per heavy atom. The average molecular weight is 722 g/mol. The van der Waals surface area contributed by atoms with Gasteiger partial charge in [0.1, 0.15) is 12.4 Å². The minimum absolute atomic E-state index is 0.0978. The molecule has 51 heavy (non-hydrogen) atoms. The number of nitrogens with one attached hydrogen (secondary N) is 1. The van der Waals surface area contributed by atoms with Gasteiger partial charge in [-0.1, -0.05) is 62.9 Å². The van der Waals surface area contributed by atoms with Gasteiger partial charge in [-0.2, -0.15) is 23.3 Å². The molecule has 5 aromatic rings. The molecule has 0 aliphatic carbocycles. The van der Waals surface area contributed by atoms with Crippen LogP contribution in [0.2, 0.25) is 0 Å². The number of likely N-dealkylation sites (N-methyl/N-ethyl adjacent to an activating group) is 1. The van der Waals surface area contributed by atoms with Gasteiger partial charge in [0.25, 0.3) is 5.56 Å². The summed E-state index contributed by atoms with van der Waals surface area (Å²) in [6.45, 7) is 8.80. The van der Waals surface area contributed by atoms with Crippen LogP contribution in [0.3, 0.4) is 0 Å². The number of benzene rings is 2. The zero-order valence-electron chi connectivity index (χ0n) is 28.5. The lowest BCUT2D eigenvalue weighted by atomic mass is 9.98. The summed E-state index contributed by atoms with van der Waals surface area (Å²) in [6.07, 6.45) is 2.23. The highest BCUT2D eigenvalue weighted by Gasteiger charge is 2.30. The highest BCUT2D eigenvalue weighted by atomic mass is 32.2. The topological polar surface area (TPSA) is 100 Å². The molecule has 5 rings (SSSR count). The molecule has 3 aromatic heterocycles. The van der Waals surface area contributed by atoms with Crippen LogP contribution < -0.4 is 5.56 Å². The van der Waals surface area contributed by atoms with Gasteiger partial charge >= 0.3 is 6.18 Å². The van der Waals surface area contributed by atoms with E-state index >= 15 is 0 Å². The van der Waals surface area contributed by atoms with E-state index in [1.165, 1.54) is 36.0 Å². The third kappa shape index (κ3) is 9.91. The van der Waals surface area contributed by atoms with Crippen molar-refractivity contribution in [3.63, 3.8) is 0 Å². The molecule has 2 aromatic carbocycles. The van der Waals surface area contributed by atoms with Gasteiger partial charge in [-0.15, -0.1) is 0 Å². The van der Waals surface area contributed by atoms with Crippen molar-refractivity contribution in [2.75, 3.05) is 26.2 Å². The molecule has 0 radical (unpaired) electrons. The molecule has 3 heterocycles. The number of alkyl halides is 3. The number of carbonyl (C=O) groups excluding carboxylic acids is 1. The number of H-pyrrole nitrogens is 1. The zero-order valence-corrected chi connectivity index (χ0v) is 29.3. The maximum Gasteiger partial charge on any atom is 0.416 e. The number of aromatic nitrogens is 5. The van der Waals surface area contributed by atoms with Crippen LogP contribution >= 0.6 is 11.8 Å². The molecule has 0 fully saturated rings. The van der Waals surface area contributed by atoms with Crippen LogP contribution in [0.1, 0.15) is 54.5 Å². The number of carbonyl (C=O) groups is 1. The Balaban J connectivity index is 1.41. The van der Waals surface area contributed by atoms with E-state index < -0.39 is 17.3 Å². The number of aromatic amines is 1. The number of halogens is 4. The van der Waals surface area contributed by atoms with Crippen LogP contribution in [0.5, 0.6) is 0 Å². The molecule has 0 saturated carbocycles. The van der Waals surface area contributed by atoms with Gasteiger partial charge < -0.3 is 14.4 Å². The second-order valence-corrected chi connectivity index (χ2v) is 13.0. The molecule has 9 nitrogen and oxygen atoms in total. The van der Waals surface area contributed by atoms with E-state index in [0.29, 0.717) is 40.8 Å². The van der Waals surface area contributed by atoms with E-state index in [1.54, 1.807) is 52.5 Å². The first-order valence-corrected chi connectivity index (χ1v) is 17.5. The number of amides is 1. The number of nitrogens with zero attached hydrogens (tertiary/aromatic N) is 6. The molecule has 14 heteroatoms. The summed E-state index contributed by atoms with van der Waals surface area (Å²) in [6, 6.07) is 14.4. The van der Waals surface area contributed by atoms with Crippen molar-refractivity contribution in [1.82, 2.24) is 34.5 Å². The van der Waals surface area contributed by atoms with Gasteiger partial charge in [0, 0.05) is 61.0 Å².